The van der Waals surface area contributed by atoms with Crippen molar-refractivity contribution in [2.45, 2.75) is 39.2 Å². The second-order valence-electron chi connectivity index (χ2n) is 4.44. The van der Waals surface area contributed by atoms with Crippen LogP contribution in [0.15, 0.2) is 0 Å². The summed E-state index contributed by atoms with van der Waals surface area (Å²) in [6.45, 7) is 9.74. The van der Waals surface area contributed by atoms with Gasteiger partial charge < -0.3 is 15.5 Å². The van der Waals surface area contributed by atoms with Gasteiger partial charge in [-0.2, -0.15) is 0 Å². The summed E-state index contributed by atoms with van der Waals surface area (Å²) in [6, 6.07) is 0.355. The third kappa shape index (κ3) is 4.94. The third-order valence-corrected chi connectivity index (χ3v) is 3.07. The molecule has 1 fully saturated rings. The highest BCUT2D eigenvalue weighted by atomic mass is 16.1. The minimum atomic E-state index is 0.202. The molecule has 0 bridgehead atoms. The van der Waals surface area contributed by atoms with Gasteiger partial charge in [0, 0.05) is 32.1 Å². The topological polar surface area (TPSA) is 44.4 Å². The van der Waals surface area contributed by atoms with E-state index in [-0.39, 0.29) is 5.91 Å². The van der Waals surface area contributed by atoms with Gasteiger partial charge >= 0.3 is 0 Å². The highest BCUT2D eigenvalue weighted by molar-refractivity contribution is 5.78. The van der Waals surface area contributed by atoms with E-state index < -0.39 is 0 Å². The Morgan fingerprint density at radius 1 is 1.44 bits per heavy atom. The Hall–Kier alpha value is -0.610. The highest BCUT2D eigenvalue weighted by Gasteiger charge is 2.19. The summed E-state index contributed by atoms with van der Waals surface area (Å²) in [4.78, 5) is 13.4. The van der Waals surface area contributed by atoms with Crippen molar-refractivity contribution in [2.24, 2.45) is 0 Å². The summed E-state index contributed by atoms with van der Waals surface area (Å²) in [5.41, 5.74) is 0. The van der Waals surface area contributed by atoms with Gasteiger partial charge in [-0.25, -0.2) is 0 Å². The van der Waals surface area contributed by atoms with Gasteiger partial charge in [-0.15, -0.1) is 0 Å². The van der Waals surface area contributed by atoms with Crippen LogP contribution in [-0.4, -0.2) is 49.6 Å². The fourth-order valence-corrected chi connectivity index (χ4v) is 2.09. The summed E-state index contributed by atoms with van der Waals surface area (Å²) < 4.78 is 0. The van der Waals surface area contributed by atoms with Crippen LogP contribution < -0.4 is 10.6 Å². The van der Waals surface area contributed by atoms with Gasteiger partial charge in [-0.05, 0) is 25.9 Å². The molecule has 0 aromatic heterocycles. The van der Waals surface area contributed by atoms with Crippen LogP contribution in [0.4, 0.5) is 0 Å². The molecule has 2 N–H and O–H groups in total. The van der Waals surface area contributed by atoms with Gasteiger partial charge in [0.05, 0.1) is 0 Å². The van der Waals surface area contributed by atoms with E-state index in [1.165, 1.54) is 13.0 Å². The Labute approximate surface area is 98.8 Å². The van der Waals surface area contributed by atoms with E-state index in [4.69, 9.17) is 0 Å². The molecule has 1 rings (SSSR count). The summed E-state index contributed by atoms with van der Waals surface area (Å²) >= 11 is 0. The van der Waals surface area contributed by atoms with Crippen molar-refractivity contribution in [3.8, 4) is 0 Å². The van der Waals surface area contributed by atoms with Crippen LogP contribution >= 0.6 is 0 Å². The predicted octanol–water partition coefficient (Wildman–Crippen LogP) is 0.587. The summed E-state index contributed by atoms with van der Waals surface area (Å²) in [6.07, 6.45) is 2.90. The molecular formula is C12H25N3O. The van der Waals surface area contributed by atoms with Gasteiger partial charge in [-0.1, -0.05) is 13.8 Å². The number of likely N-dealkylation sites (N-methyl/N-ethyl adjacent to an activating group) is 1. The van der Waals surface area contributed by atoms with Crippen LogP contribution in [0.3, 0.4) is 0 Å². The summed E-state index contributed by atoms with van der Waals surface area (Å²) in [7, 11) is 0. The first kappa shape index (κ1) is 13.5. The Balaban J connectivity index is 2.00. The Bertz CT molecular complexity index is 208. The van der Waals surface area contributed by atoms with E-state index in [1.54, 1.807) is 0 Å². The van der Waals surface area contributed by atoms with Gasteiger partial charge in [0.15, 0.2) is 0 Å². The van der Waals surface area contributed by atoms with Gasteiger partial charge in [0.2, 0.25) is 5.91 Å². The number of amides is 1. The lowest BCUT2D eigenvalue weighted by Gasteiger charge is -2.20. The molecular weight excluding hydrogens is 202 g/mol. The Morgan fingerprint density at radius 3 is 2.81 bits per heavy atom. The van der Waals surface area contributed by atoms with Gasteiger partial charge in [-0.3, -0.25) is 4.79 Å². The standard InChI is InChI=1S/C12H25N3O/c1-3-8-15(4-2)9-7-13-10-11-5-6-12(16)14-11/h11,13H,3-10H2,1-2H3,(H,14,16). The van der Waals surface area contributed by atoms with Gasteiger partial charge in [0.25, 0.3) is 0 Å². The SMILES string of the molecule is CCCN(CC)CCNCC1CCC(=O)N1. The molecule has 0 radical (unpaired) electrons. The normalized spacial score (nSPS) is 20.4. The average Bonchev–Trinajstić information content (AvgIpc) is 2.69. The zero-order valence-corrected chi connectivity index (χ0v) is 10.6. The lowest BCUT2D eigenvalue weighted by atomic mass is 10.2. The maximum Gasteiger partial charge on any atom is 0.220 e. The molecule has 4 nitrogen and oxygen atoms in total. The zero-order chi connectivity index (χ0) is 11.8. The largest absolute Gasteiger partial charge is 0.352 e. The second kappa shape index (κ2) is 7.63. The molecule has 1 aliphatic heterocycles. The maximum atomic E-state index is 11.0. The number of nitrogens with zero attached hydrogens (tertiary/aromatic N) is 1. The first-order valence-electron chi connectivity index (χ1n) is 6.48. The minimum absolute atomic E-state index is 0.202. The van der Waals surface area contributed by atoms with Crippen molar-refractivity contribution >= 4 is 5.91 Å². The summed E-state index contributed by atoms with van der Waals surface area (Å²) in [5, 5.41) is 6.38. The number of hydrogen-bond acceptors (Lipinski definition) is 3. The molecule has 0 saturated carbocycles. The molecule has 0 aliphatic carbocycles. The molecule has 1 atom stereocenters. The van der Waals surface area contributed by atoms with Crippen molar-refractivity contribution in [3.63, 3.8) is 0 Å². The molecule has 1 amide bonds. The molecule has 0 aromatic carbocycles. The maximum absolute atomic E-state index is 11.0. The smallest absolute Gasteiger partial charge is 0.220 e. The fraction of sp³-hybridized carbons (Fsp3) is 0.917. The molecule has 0 aromatic rings. The first-order chi connectivity index (χ1) is 7.76. The van der Waals surface area contributed by atoms with Crippen molar-refractivity contribution in [2.75, 3.05) is 32.7 Å². The van der Waals surface area contributed by atoms with E-state index in [9.17, 15) is 4.79 Å². The van der Waals surface area contributed by atoms with Crippen molar-refractivity contribution in [1.82, 2.24) is 15.5 Å². The van der Waals surface area contributed by atoms with E-state index in [0.717, 1.165) is 32.6 Å². The van der Waals surface area contributed by atoms with E-state index >= 15 is 0 Å². The minimum Gasteiger partial charge on any atom is -0.352 e. The average molecular weight is 227 g/mol. The molecule has 94 valence electrons. The molecule has 1 heterocycles. The van der Waals surface area contributed by atoms with E-state index in [2.05, 4.69) is 29.4 Å². The monoisotopic (exact) mass is 227 g/mol. The number of nitrogens with one attached hydrogen (secondary N) is 2. The number of rotatable bonds is 8. The first-order valence-corrected chi connectivity index (χ1v) is 6.48. The van der Waals surface area contributed by atoms with Crippen molar-refractivity contribution in [1.29, 1.82) is 0 Å². The van der Waals surface area contributed by atoms with Crippen LogP contribution in [-0.2, 0) is 4.79 Å². The summed E-state index contributed by atoms with van der Waals surface area (Å²) in [5.74, 6) is 0.202. The highest BCUT2D eigenvalue weighted by Crippen LogP contribution is 2.04. The molecule has 4 heteroatoms. The molecule has 1 unspecified atom stereocenters. The molecule has 1 saturated heterocycles. The van der Waals surface area contributed by atoms with Crippen LogP contribution in [0.1, 0.15) is 33.1 Å². The van der Waals surface area contributed by atoms with Crippen LogP contribution in [0, 0.1) is 0 Å². The molecule has 16 heavy (non-hydrogen) atoms. The molecule has 1 aliphatic rings. The Kier molecular flexibility index (Phi) is 6.42. The van der Waals surface area contributed by atoms with Crippen LogP contribution in [0.2, 0.25) is 0 Å². The quantitative estimate of drug-likeness (QED) is 0.596. The van der Waals surface area contributed by atoms with E-state index in [0.29, 0.717) is 12.5 Å². The van der Waals surface area contributed by atoms with E-state index in [1.807, 2.05) is 0 Å². The zero-order valence-electron chi connectivity index (χ0n) is 10.6. The van der Waals surface area contributed by atoms with Crippen molar-refractivity contribution in [3.05, 3.63) is 0 Å². The lowest BCUT2D eigenvalue weighted by molar-refractivity contribution is -0.119. The second-order valence-corrected chi connectivity index (χ2v) is 4.44. The van der Waals surface area contributed by atoms with Crippen LogP contribution in [0.5, 0.6) is 0 Å². The lowest BCUT2D eigenvalue weighted by Crippen LogP contribution is -2.39. The Morgan fingerprint density at radius 2 is 2.25 bits per heavy atom. The molecule has 0 spiro atoms. The van der Waals surface area contributed by atoms with Crippen LogP contribution in [0.25, 0.3) is 0 Å². The fourth-order valence-electron chi connectivity index (χ4n) is 2.09. The number of hydrogen-bond donors (Lipinski definition) is 2. The third-order valence-electron chi connectivity index (χ3n) is 3.07. The number of carbonyl (C=O) groups excluding carboxylic acids is 1. The van der Waals surface area contributed by atoms with Crippen molar-refractivity contribution < 1.29 is 4.79 Å². The number of carbonyl (C=O) groups is 1. The van der Waals surface area contributed by atoms with Gasteiger partial charge in [0.1, 0.15) is 0 Å². The predicted molar refractivity (Wildman–Crippen MR) is 66.4 cm³/mol.